The fourth-order valence-electron chi connectivity index (χ4n) is 2.00. The molecule has 112 valence electrons. The van der Waals surface area contributed by atoms with E-state index in [4.69, 9.17) is 26.8 Å². The molecule has 0 aliphatic carbocycles. The topological polar surface area (TPSA) is 44.5 Å². The Morgan fingerprint density at radius 1 is 1.14 bits per heavy atom. The van der Waals surface area contributed by atoms with Gasteiger partial charge in [-0.2, -0.15) is 0 Å². The Hall–Kier alpha value is -1.23. The fraction of sp³-hybridized carbons (Fsp3) is 0.250. The first kappa shape index (κ1) is 16.1. The van der Waals surface area contributed by atoms with Crippen LogP contribution in [0.4, 0.5) is 0 Å². The highest BCUT2D eigenvalue weighted by Crippen LogP contribution is 2.29. The minimum absolute atomic E-state index is 0.387. The van der Waals surface area contributed by atoms with Crippen LogP contribution in [0.2, 0.25) is 5.02 Å². The summed E-state index contributed by atoms with van der Waals surface area (Å²) >= 11 is 9.53. The SMILES string of the molecule is COc1ccc(Cl)cc1COc1ccc(CCN)cc1Br. The summed E-state index contributed by atoms with van der Waals surface area (Å²) in [6.07, 6.45) is 0.848. The number of rotatable bonds is 6. The highest BCUT2D eigenvalue weighted by Gasteiger charge is 2.07. The van der Waals surface area contributed by atoms with Crippen molar-refractivity contribution >= 4 is 27.5 Å². The van der Waals surface area contributed by atoms with Crippen LogP contribution in [0.25, 0.3) is 0 Å². The number of benzene rings is 2. The Bertz CT molecular complexity index is 619. The molecule has 21 heavy (non-hydrogen) atoms. The van der Waals surface area contributed by atoms with Crippen LogP contribution in [0.15, 0.2) is 40.9 Å². The Kier molecular flexibility index (Phi) is 5.91. The van der Waals surface area contributed by atoms with Crippen molar-refractivity contribution in [3.05, 3.63) is 57.0 Å². The van der Waals surface area contributed by atoms with Gasteiger partial charge in [-0.1, -0.05) is 17.7 Å². The lowest BCUT2D eigenvalue weighted by Gasteiger charge is -2.12. The van der Waals surface area contributed by atoms with Gasteiger partial charge in [-0.05, 0) is 64.8 Å². The zero-order chi connectivity index (χ0) is 15.2. The third-order valence-corrected chi connectivity index (χ3v) is 3.91. The van der Waals surface area contributed by atoms with E-state index in [2.05, 4.69) is 15.9 Å². The molecule has 0 saturated heterocycles. The first-order valence-corrected chi connectivity index (χ1v) is 7.75. The van der Waals surface area contributed by atoms with E-state index >= 15 is 0 Å². The average Bonchev–Trinajstić information content (AvgIpc) is 2.47. The molecule has 0 bridgehead atoms. The standard InChI is InChI=1S/C16H17BrClNO2/c1-20-15-5-3-13(18)9-12(15)10-21-16-4-2-11(6-7-19)8-14(16)17/h2-5,8-9H,6-7,10,19H2,1H3. The molecule has 2 aromatic carbocycles. The van der Waals surface area contributed by atoms with Gasteiger partial charge in [-0.25, -0.2) is 0 Å². The molecular weight excluding hydrogens is 354 g/mol. The predicted molar refractivity (Wildman–Crippen MR) is 89.2 cm³/mol. The maximum Gasteiger partial charge on any atom is 0.134 e. The third-order valence-electron chi connectivity index (χ3n) is 3.05. The largest absolute Gasteiger partial charge is 0.496 e. The van der Waals surface area contributed by atoms with Gasteiger partial charge in [0, 0.05) is 10.6 Å². The van der Waals surface area contributed by atoms with Gasteiger partial charge in [0.2, 0.25) is 0 Å². The van der Waals surface area contributed by atoms with Crippen molar-refractivity contribution in [2.75, 3.05) is 13.7 Å². The Morgan fingerprint density at radius 2 is 1.90 bits per heavy atom. The van der Waals surface area contributed by atoms with Crippen molar-refractivity contribution in [1.29, 1.82) is 0 Å². The van der Waals surface area contributed by atoms with Gasteiger partial charge in [0.25, 0.3) is 0 Å². The molecule has 0 radical (unpaired) electrons. The first-order valence-electron chi connectivity index (χ1n) is 6.57. The predicted octanol–water partition coefficient (Wildman–Crippen LogP) is 4.19. The van der Waals surface area contributed by atoms with E-state index in [-0.39, 0.29) is 0 Å². The minimum Gasteiger partial charge on any atom is -0.496 e. The van der Waals surface area contributed by atoms with E-state index in [1.54, 1.807) is 13.2 Å². The van der Waals surface area contributed by atoms with Gasteiger partial charge in [-0.15, -0.1) is 0 Å². The summed E-state index contributed by atoms with van der Waals surface area (Å²) in [5, 5.41) is 0.659. The summed E-state index contributed by atoms with van der Waals surface area (Å²) < 4.78 is 12.1. The zero-order valence-electron chi connectivity index (χ0n) is 11.7. The van der Waals surface area contributed by atoms with Gasteiger partial charge in [0.15, 0.2) is 0 Å². The summed E-state index contributed by atoms with van der Waals surface area (Å²) in [6, 6.07) is 11.4. The van der Waals surface area contributed by atoms with Crippen molar-refractivity contribution < 1.29 is 9.47 Å². The molecule has 0 aliphatic rings. The number of nitrogens with two attached hydrogens (primary N) is 1. The number of hydrogen-bond acceptors (Lipinski definition) is 3. The van der Waals surface area contributed by atoms with Crippen LogP contribution < -0.4 is 15.2 Å². The molecule has 0 aliphatic heterocycles. The highest BCUT2D eigenvalue weighted by atomic mass is 79.9. The Balaban J connectivity index is 2.11. The van der Waals surface area contributed by atoms with E-state index in [1.807, 2.05) is 30.3 Å². The number of halogens is 2. The lowest BCUT2D eigenvalue weighted by Crippen LogP contribution is -2.03. The van der Waals surface area contributed by atoms with Gasteiger partial charge < -0.3 is 15.2 Å². The molecule has 0 aromatic heterocycles. The lowest BCUT2D eigenvalue weighted by molar-refractivity contribution is 0.295. The number of ether oxygens (including phenoxy) is 2. The van der Waals surface area contributed by atoms with Gasteiger partial charge in [0.05, 0.1) is 11.6 Å². The van der Waals surface area contributed by atoms with Gasteiger partial charge in [-0.3, -0.25) is 0 Å². The van der Waals surface area contributed by atoms with Gasteiger partial charge in [0.1, 0.15) is 18.1 Å². The minimum atomic E-state index is 0.387. The van der Waals surface area contributed by atoms with E-state index in [9.17, 15) is 0 Å². The molecule has 0 saturated carbocycles. The molecule has 2 aromatic rings. The molecule has 3 nitrogen and oxygen atoms in total. The lowest BCUT2D eigenvalue weighted by atomic mass is 10.1. The zero-order valence-corrected chi connectivity index (χ0v) is 14.1. The van der Waals surface area contributed by atoms with E-state index < -0.39 is 0 Å². The second-order valence-electron chi connectivity index (χ2n) is 4.55. The quantitative estimate of drug-likeness (QED) is 0.829. The number of methoxy groups -OCH3 is 1. The second-order valence-corrected chi connectivity index (χ2v) is 5.84. The van der Waals surface area contributed by atoms with E-state index in [1.165, 1.54) is 5.56 Å². The molecule has 0 spiro atoms. The Labute approximate surface area is 138 Å². The smallest absolute Gasteiger partial charge is 0.134 e. The average molecular weight is 371 g/mol. The van der Waals surface area contributed by atoms with Crippen molar-refractivity contribution in [1.82, 2.24) is 0 Å². The molecule has 2 rings (SSSR count). The van der Waals surface area contributed by atoms with Crippen molar-refractivity contribution in [3.63, 3.8) is 0 Å². The second kappa shape index (κ2) is 7.69. The summed E-state index contributed by atoms with van der Waals surface area (Å²) in [5.41, 5.74) is 7.64. The summed E-state index contributed by atoms with van der Waals surface area (Å²) in [6.45, 7) is 1.02. The first-order chi connectivity index (χ1) is 10.1. The summed E-state index contributed by atoms with van der Waals surface area (Å²) in [7, 11) is 1.63. The van der Waals surface area contributed by atoms with E-state index in [0.717, 1.165) is 28.0 Å². The molecule has 0 unspecified atom stereocenters. The third kappa shape index (κ3) is 4.37. The fourth-order valence-corrected chi connectivity index (χ4v) is 2.73. The molecule has 5 heteroatoms. The molecule has 0 amide bonds. The maximum atomic E-state index is 6.01. The molecule has 2 N–H and O–H groups in total. The molecule has 0 fully saturated rings. The summed E-state index contributed by atoms with van der Waals surface area (Å²) in [5.74, 6) is 1.54. The van der Waals surface area contributed by atoms with Gasteiger partial charge >= 0.3 is 0 Å². The van der Waals surface area contributed by atoms with Crippen LogP contribution in [0.3, 0.4) is 0 Å². The van der Waals surface area contributed by atoms with Crippen LogP contribution in [0.5, 0.6) is 11.5 Å². The normalized spacial score (nSPS) is 10.5. The molecule has 0 atom stereocenters. The van der Waals surface area contributed by atoms with Crippen LogP contribution in [-0.2, 0) is 13.0 Å². The Morgan fingerprint density at radius 3 is 2.57 bits per heavy atom. The maximum absolute atomic E-state index is 6.01. The number of hydrogen-bond donors (Lipinski definition) is 1. The van der Waals surface area contributed by atoms with Crippen molar-refractivity contribution in [2.24, 2.45) is 5.73 Å². The van der Waals surface area contributed by atoms with Crippen LogP contribution >= 0.6 is 27.5 Å². The van der Waals surface area contributed by atoms with Crippen LogP contribution in [0.1, 0.15) is 11.1 Å². The monoisotopic (exact) mass is 369 g/mol. The van der Waals surface area contributed by atoms with Crippen molar-refractivity contribution in [2.45, 2.75) is 13.0 Å². The molecule has 0 heterocycles. The molecular formula is C16H17BrClNO2. The summed E-state index contributed by atoms with van der Waals surface area (Å²) in [4.78, 5) is 0. The van der Waals surface area contributed by atoms with E-state index in [0.29, 0.717) is 18.2 Å². The van der Waals surface area contributed by atoms with Crippen LogP contribution in [0, 0.1) is 0 Å². The van der Waals surface area contributed by atoms with Crippen LogP contribution in [-0.4, -0.2) is 13.7 Å². The highest BCUT2D eigenvalue weighted by molar-refractivity contribution is 9.10. The van der Waals surface area contributed by atoms with Crippen molar-refractivity contribution in [3.8, 4) is 11.5 Å².